The molecule has 0 radical (unpaired) electrons. The van der Waals surface area contributed by atoms with Gasteiger partial charge in [-0.2, -0.15) is 18.2 Å². The Hall–Kier alpha value is -2.42. The highest BCUT2D eigenvalue weighted by molar-refractivity contribution is 7.11. The molecule has 2 aromatic rings. The Morgan fingerprint density at radius 1 is 1.31 bits per heavy atom. The third kappa shape index (κ3) is 5.14. The van der Waals surface area contributed by atoms with E-state index < -0.39 is 17.6 Å². The van der Waals surface area contributed by atoms with Crippen LogP contribution in [0.15, 0.2) is 29.3 Å². The maximum atomic E-state index is 12.9. The number of nitrogens with zero attached hydrogens (tertiary/aromatic N) is 2. The molecular weight excluding hydrogens is 403 g/mol. The van der Waals surface area contributed by atoms with Gasteiger partial charge in [0, 0.05) is 23.8 Å². The predicted molar refractivity (Wildman–Crippen MR) is 104 cm³/mol. The van der Waals surface area contributed by atoms with E-state index in [1.165, 1.54) is 12.1 Å². The molecule has 1 aliphatic carbocycles. The number of rotatable bonds is 5. The largest absolute Gasteiger partial charge is 0.416 e. The minimum Gasteiger partial charge on any atom is -0.349 e. The highest BCUT2D eigenvalue weighted by Gasteiger charge is 2.31. The third-order valence-corrected chi connectivity index (χ3v) is 5.73. The molecule has 3 rings (SSSR count). The SMILES string of the molecule is Cc1c(C(=O)NC(C)C)s/c(=N\C(=O)c2cccc(C(F)(F)F)c2)n1CC1CC1. The molecule has 2 amide bonds. The number of halogens is 3. The number of benzene rings is 1. The van der Waals surface area contributed by atoms with Crippen LogP contribution in [0.4, 0.5) is 13.2 Å². The summed E-state index contributed by atoms with van der Waals surface area (Å²) in [7, 11) is 0. The van der Waals surface area contributed by atoms with E-state index in [0.29, 0.717) is 27.8 Å². The summed E-state index contributed by atoms with van der Waals surface area (Å²) >= 11 is 1.08. The molecule has 1 fully saturated rings. The van der Waals surface area contributed by atoms with Gasteiger partial charge in [-0.3, -0.25) is 9.59 Å². The highest BCUT2D eigenvalue weighted by Crippen LogP contribution is 2.31. The van der Waals surface area contributed by atoms with Gasteiger partial charge in [0.2, 0.25) is 0 Å². The van der Waals surface area contributed by atoms with E-state index in [4.69, 9.17) is 0 Å². The van der Waals surface area contributed by atoms with Crippen LogP contribution in [0.1, 0.15) is 58.0 Å². The van der Waals surface area contributed by atoms with Gasteiger partial charge < -0.3 is 9.88 Å². The molecule has 1 aromatic carbocycles. The standard InChI is InChI=1S/C20H22F3N3O2S/c1-11(2)24-18(28)16-12(3)26(10-13-7-8-13)19(29-16)25-17(27)14-5-4-6-15(9-14)20(21,22)23/h4-6,9,11,13H,7-8,10H2,1-3H3,(H,24,28)/b25-19-. The van der Waals surface area contributed by atoms with Gasteiger partial charge in [-0.05, 0) is 57.7 Å². The van der Waals surface area contributed by atoms with Crippen molar-refractivity contribution in [2.75, 3.05) is 0 Å². The summed E-state index contributed by atoms with van der Waals surface area (Å²) in [5.74, 6) is -0.551. The maximum absolute atomic E-state index is 12.9. The molecule has 0 atom stereocenters. The summed E-state index contributed by atoms with van der Waals surface area (Å²) in [6.45, 7) is 6.12. The normalized spacial score (nSPS) is 15.1. The molecule has 29 heavy (non-hydrogen) atoms. The molecule has 0 aliphatic heterocycles. The fraction of sp³-hybridized carbons (Fsp3) is 0.450. The number of hydrogen-bond donors (Lipinski definition) is 1. The zero-order chi connectivity index (χ0) is 21.3. The molecule has 1 saturated carbocycles. The highest BCUT2D eigenvalue weighted by atomic mass is 32.1. The minimum absolute atomic E-state index is 0.0481. The first-order valence-corrected chi connectivity index (χ1v) is 10.2. The van der Waals surface area contributed by atoms with Crippen LogP contribution in [0, 0.1) is 12.8 Å². The molecule has 1 N–H and O–H groups in total. The Kier molecular flexibility index (Phi) is 5.97. The van der Waals surface area contributed by atoms with Crippen molar-refractivity contribution in [3.8, 4) is 0 Å². The van der Waals surface area contributed by atoms with Crippen molar-refractivity contribution in [2.45, 2.75) is 52.4 Å². The molecule has 156 valence electrons. The van der Waals surface area contributed by atoms with E-state index in [0.717, 1.165) is 36.3 Å². The molecule has 0 saturated heterocycles. The molecule has 5 nitrogen and oxygen atoms in total. The number of carbonyl (C=O) groups is 2. The second-order valence-corrected chi connectivity index (χ2v) is 8.45. The van der Waals surface area contributed by atoms with Crippen molar-refractivity contribution in [1.82, 2.24) is 9.88 Å². The van der Waals surface area contributed by atoms with Crippen molar-refractivity contribution in [3.63, 3.8) is 0 Å². The second kappa shape index (κ2) is 8.14. The van der Waals surface area contributed by atoms with Gasteiger partial charge in [0.25, 0.3) is 11.8 Å². The van der Waals surface area contributed by atoms with Crippen LogP contribution in [-0.4, -0.2) is 22.4 Å². The monoisotopic (exact) mass is 425 g/mol. The zero-order valence-corrected chi connectivity index (χ0v) is 17.2. The van der Waals surface area contributed by atoms with Gasteiger partial charge in [0.1, 0.15) is 4.88 Å². The van der Waals surface area contributed by atoms with Crippen molar-refractivity contribution in [3.05, 3.63) is 50.8 Å². The van der Waals surface area contributed by atoms with Gasteiger partial charge in [0.05, 0.1) is 5.56 Å². The molecule has 1 heterocycles. The van der Waals surface area contributed by atoms with Crippen LogP contribution in [0.3, 0.4) is 0 Å². The van der Waals surface area contributed by atoms with E-state index >= 15 is 0 Å². The van der Waals surface area contributed by atoms with Crippen LogP contribution >= 0.6 is 11.3 Å². The Bertz CT molecular complexity index is 1000. The number of thiazole rings is 1. The topological polar surface area (TPSA) is 63.5 Å². The molecule has 1 aromatic heterocycles. The Balaban J connectivity index is 2.01. The van der Waals surface area contributed by atoms with Crippen LogP contribution in [0.2, 0.25) is 0 Å². The van der Waals surface area contributed by atoms with Gasteiger partial charge in [-0.1, -0.05) is 17.4 Å². The summed E-state index contributed by atoms with van der Waals surface area (Å²) in [5, 5.41) is 2.83. The summed E-state index contributed by atoms with van der Waals surface area (Å²) in [6, 6.07) is 4.15. The molecule has 0 spiro atoms. The molecular formula is C20H22F3N3O2S. The van der Waals surface area contributed by atoms with Gasteiger partial charge in [-0.15, -0.1) is 0 Å². The average Bonchev–Trinajstić information content (AvgIpc) is 3.40. The van der Waals surface area contributed by atoms with Gasteiger partial charge in [0.15, 0.2) is 4.80 Å². The minimum atomic E-state index is -4.54. The fourth-order valence-corrected chi connectivity index (χ4v) is 3.90. The Morgan fingerprint density at radius 2 is 2.00 bits per heavy atom. The van der Waals surface area contributed by atoms with Crippen molar-refractivity contribution in [2.24, 2.45) is 10.9 Å². The Morgan fingerprint density at radius 3 is 2.59 bits per heavy atom. The lowest BCUT2D eigenvalue weighted by Crippen LogP contribution is -2.30. The number of alkyl halides is 3. The molecule has 1 aliphatic rings. The van der Waals surface area contributed by atoms with Crippen LogP contribution in [0.5, 0.6) is 0 Å². The lowest BCUT2D eigenvalue weighted by molar-refractivity contribution is -0.137. The van der Waals surface area contributed by atoms with Gasteiger partial charge >= 0.3 is 6.18 Å². The van der Waals surface area contributed by atoms with Crippen LogP contribution < -0.4 is 10.1 Å². The van der Waals surface area contributed by atoms with Crippen molar-refractivity contribution in [1.29, 1.82) is 0 Å². The van der Waals surface area contributed by atoms with Crippen molar-refractivity contribution < 1.29 is 22.8 Å². The zero-order valence-electron chi connectivity index (χ0n) is 16.3. The molecule has 0 bridgehead atoms. The van der Waals surface area contributed by atoms with E-state index in [2.05, 4.69) is 10.3 Å². The van der Waals surface area contributed by atoms with E-state index in [1.54, 1.807) is 6.92 Å². The number of hydrogen-bond acceptors (Lipinski definition) is 3. The molecule has 9 heteroatoms. The van der Waals surface area contributed by atoms with Crippen LogP contribution in [0.25, 0.3) is 0 Å². The van der Waals surface area contributed by atoms with E-state index in [-0.39, 0.29) is 17.5 Å². The first-order chi connectivity index (χ1) is 13.6. The summed E-state index contributed by atoms with van der Waals surface area (Å²) in [4.78, 5) is 29.9. The number of carbonyl (C=O) groups excluding carboxylic acids is 2. The number of amides is 2. The quantitative estimate of drug-likeness (QED) is 0.782. The number of aromatic nitrogens is 1. The third-order valence-electron chi connectivity index (χ3n) is 4.56. The first kappa shape index (κ1) is 21.3. The summed E-state index contributed by atoms with van der Waals surface area (Å²) in [6.07, 6.45) is -2.41. The summed E-state index contributed by atoms with van der Waals surface area (Å²) in [5.41, 5.74) is -0.337. The lowest BCUT2D eigenvalue weighted by atomic mass is 10.1. The Labute approximate surface area is 170 Å². The van der Waals surface area contributed by atoms with Gasteiger partial charge in [-0.25, -0.2) is 0 Å². The average molecular weight is 425 g/mol. The first-order valence-electron chi connectivity index (χ1n) is 9.33. The molecule has 0 unspecified atom stereocenters. The maximum Gasteiger partial charge on any atom is 0.416 e. The smallest absolute Gasteiger partial charge is 0.349 e. The number of nitrogens with one attached hydrogen (secondary N) is 1. The predicted octanol–water partition coefficient (Wildman–Crippen LogP) is 4.17. The fourth-order valence-electron chi connectivity index (χ4n) is 2.86. The second-order valence-electron chi connectivity index (χ2n) is 7.48. The van der Waals surface area contributed by atoms with Crippen LogP contribution in [-0.2, 0) is 12.7 Å². The summed E-state index contributed by atoms with van der Waals surface area (Å²) < 4.78 is 40.6. The van der Waals surface area contributed by atoms with Crippen molar-refractivity contribution >= 4 is 23.2 Å². The van der Waals surface area contributed by atoms with E-state index in [9.17, 15) is 22.8 Å². The lowest BCUT2D eigenvalue weighted by Gasteiger charge is -2.08. The van der Waals surface area contributed by atoms with E-state index in [1.807, 2.05) is 18.4 Å².